The molecule has 0 unspecified atom stereocenters. The average molecular weight is 338 g/mol. The Kier molecular flexibility index (Phi) is 5.75. The van der Waals surface area contributed by atoms with E-state index in [-0.39, 0.29) is 23.0 Å². The van der Waals surface area contributed by atoms with Gasteiger partial charge in [-0.1, -0.05) is 20.8 Å². The zero-order valence-corrected chi connectivity index (χ0v) is 14.3. The van der Waals surface area contributed by atoms with Crippen molar-refractivity contribution in [3.63, 3.8) is 0 Å². The number of allylic oxidation sites excluding steroid dienone is 1. The minimum Gasteiger partial charge on any atom is -0.493 e. The maximum Gasteiger partial charge on any atom is 0.355 e. The number of rotatable bonds is 4. The Balaban J connectivity index is 3.38. The van der Waals surface area contributed by atoms with Crippen LogP contribution >= 0.6 is 12.9 Å². The van der Waals surface area contributed by atoms with E-state index < -0.39 is 11.4 Å². The fraction of sp³-hybridized carbons (Fsp3) is 0.462. The number of nitriles is 1. The second-order valence-electron chi connectivity index (χ2n) is 5.80. The van der Waals surface area contributed by atoms with Crippen molar-refractivity contribution >= 4 is 24.7 Å². The van der Waals surface area contributed by atoms with E-state index in [0.717, 1.165) is 0 Å². The van der Waals surface area contributed by atoms with E-state index in [0.29, 0.717) is 5.69 Å². The number of hydrogen-bond donors (Lipinski definition) is 3. The lowest BCUT2D eigenvalue weighted by atomic mass is 9.89. The summed E-state index contributed by atoms with van der Waals surface area (Å²) in [5.41, 5.74) is -0.194. The van der Waals surface area contributed by atoms with Crippen LogP contribution in [0.2, 0.25) is 0 Å². The molecule has 1 heterocycles. The van der Waals surface area contributed by atoms with Crippen LogP contribution in [0.1, 0.15) is 36.8 Å². The van der Waals surface area contributed by atoms with E-state index in [1.807, 2.05) is 20.8 Å². The Morgan fingerprint density at radius 2 is 2.09 bits per heavy atom. The smallest absolute Gasteiger partial charge is 0.355 e. The van der Waals surface area contributed by atoms with Crippen molar-refractivity contribution in [2.24, 2.45) is 10.2 Å². The molecule has 0 aliphatic rings. The molecule has 0 aliphatic heterocycles. The summed E-state index contributed by atoms with van der Waals surface area (Å²) in [5, 5.41) is 32.8. The quantitative estimate of drug-likeness (QED) is 0.255. The summed E-state index contributed by atoms with van der Waals surface area (Å²) in [6.45, 7) is 5.61. The van der Waals surface area contributed by atoms with Gasteiger partial charge < -0.3 is 14.2 Å². The third-order valence-corrected chi connectivity index (χ3v) is 2.94. The van der Waals surface area contributed by atoms with E-state index >= 15 is 0 Å². The number of carbonyl (C=O) groups excluding carboxylic acids is 1. The number of aliphatic hydroxyl groups excluding tert-OH is 1. The van der Waals surface area contributed by atoms with E-state index in [9.17, 15) is 9.90 Å². The molecule has 9 nitrogen and oxygen atoms in total. The maximum atomic E-state index is 11.9. The second kappa shape index (κ2) is 7.15. The molecule has 23 heavy (non-hydrogen) atoms. The zero-order chi connectivity index (χ0) is 17.8. The minimum absolute atomic E-state index is 0.0618. The highest BCUT2D eigenvalue weighted by Gasteiger charge is 2.29. The molecule has 0 saturated heterocycles. The van der Waals surface area contributed by atoms with Gasteiger partial charge in [-0.05, 0) is 0 Å². The van der Waals surface area contributed by atoms with Gasteiger partial charge in [-0.25, -0.2) is 4.79 Å². The van der Waals surface area contributed by atoms with E-state index in [2.05, 4.69) is 37.5 Å². The Morgan fingerprint density at radius 3 is 2.52 bits per heavy atom. The first-order valence-corrected chi connectivity index (χ1v) is 6.87. The molecule has 0 spiro atoms. The first-order chi connectivity index (χ1) is 10.6. The monoisotopic (exact) mass is 338 g/mol. The van der Waals surface area contributed by atoms with Crippen LogP contribution in [0.15, 0.2) is 21.8 Å². The molecule has 0 aromatic carbocycles. The van der Waals surface area contributed by atoms with Crippen LogP contribution in [-0.4, -0.2) is 40.3 Å². The van der Waals surface area contributed by atoms with Crippen LogP contribution in [0, 0.1) is 11.3 Å². The van der Waals surface area contributed by atoms with Crippen molar-refractivity contribution in [2.45, 2.75) is 26.2 Å². The van der Waals surface area contributed by atoms with Gasteiger partial charge in [0.05, 0.1) is 5.69 Å². The fourth-order valence-electron chi connectivity index (χ4n) is 1.61. The summed E-state index contributed by atoms with van der Waals surface area (Å²) in [6, 6.07) is 1.71. The van der Waals surface area contributed by atoms with E-state index in [1.54, 1.807) is 6.07 Å². The predicted octanol–water partition coefficient (Wildman–Crippen LogP) is 2.60. The van der Waals surface area contributed by atoms with Gasteiger partial charge in [0.25, 0.3) is 0 Å². The third-order valence-electron chi connectivity index (χ3n) is 2.77. The lowest BCUT2D eigenvalue weighted by molar-refractivity contribution is 0.0770. The van der Waals surface area contributed by atoms with Crippen LogP contribution in [-0.2, 0) is 9.60 Å². The van der Waals surface area contributed by atoms with Crippen LogP contribution in [0.5, 0.6) is 0 Å². The van der Waals surface area contributed by atoms with Crippen molar-refractivity contribution < 1.29 is 14.1 Å². The van der Waals surface area contributed by atoms with Crippen molar-refractivity contribution in [1.82, 2.24) is 15.1 Å². The van der Waals surface area contributed by atoms with Crippen molar-refractivity contribution in [3.8, 4) is 6.07 Å². The number of nitrogens with one attached hydrogen (secondary N) is 1. The molecule has 0 saturated carbocycles. The van der Waals surface area contributed by atoms with Gasteiger partial charge >= 0.3 is 5.97 Å². The van der Waals surface area contributed by atoms with Gasteiger partial charge in [0, 0.05) is 32.4 Å². The second-order valence-corrected chi connectivity index (χ2v) is 5.99. The number of aliphatic hydroxyl groups is 1. The summed E-state index contributed by atoms with van der Waals surface area (Å²) in [7, 11) is 3.08. The zero-order valence-electron chi connectivity index (χ0n) is 13.4. The molecule has 10 heteroatoms. The highest BCUT2D eigenvalue weighted by atomic mass is 32.1. The summed E-state index contributed by atoms with van der Waals surface area (Å²) in [6.07, 6.45) is 0. The van der Waals surface area contributed by atoms with Gasteiger partial charge in [-0.15, -0.1) is 10.2 Å². The lowest BCUT2D eigenvalue weighted by Gasteiger charge is -2.17. The first-order valence-electron chi connectivity index (χ1n) is 6.50. The number of thiol groups is 1. The molecule has 0 atom stereocenters. The van der Waals surface area contributed by atoms with Gasteiger partial charge in [0.1, 0.15) is 11.6 Å². The fourth-order valence-corrected chi connectivity index (χ4v) is 1.70. The van der Waals surface area contributed by atoms with Crippen molar-refractivity contribution in [1.29, 1.82) is 5.26 Å². The summed E-state index contributed by atoms with van der Waals surface area (Å²) in [5.74, 6) is -1.17. The van der Waals surface area contributed by atoms with E-state index in [1.165, 1.54) is 19.0 Å². The topological polar surface area (TPSA) is 127 Å². The molecule has 1 aromatic rings. The molecule has 1 aromatic heterocycles. The number of aromatic nitrogens is 2. The number of hydrogen-bond acceptors (Lipinski definition) is 9. The average Bonchev–Trinajstić information content (AvgIpc) is 2.90. The molecule has 0 fully saturated rings. The molecular weight excluding hydrogens is 320 g/mol. The van der Waals surface area contributed by atoms with Crippen molar-refractivity contribution in [2.75, 3.05) is 14.1 Å². The Morgan fingerprint density at radius 1 is 1.48 bits per heavy atom. The summed E-state index contributed by atoms with van der Waals surface area (Å²) in [4.78, 5) is 13.2. The standard InChI is InChI=1S/C13H18N6O3S/c1-13(2,3)9-8(12(21)22-23)10(18-16-9)17-15-7(6-14)11(20)19(4)5/h20,23H,1-5H3,(H,16,18)/b11-7-,17-15+. The Bertz CT molecular complexity index is 694. The molecule has 2 N–H and O–H groups in total. The van der Waals surface area contributed by atoms with Gasteiger partial charge in [-0.3, -0.25) is 5.10 Å². The van der Waals surface area contributed by atoms with Crippen LogP contribution in [0.4, 0.5) is 5.82 Å². The summed E-state index contributed by atoms with van der Waals surface area (Å²) >= 11 is 3.51. The normalized spacial score (nSPS) is 12.7. The molecule has 1 rings (SSSR count). The predicted molar refractivity (Wildman–Crippen MR) is 85.2 cm³/mol. The lowest BCUT2D eigenvalue weighted by Crippen LogP contribution is -2.16. The Hall–Kier alpha value is -2.54. The minimum atomic E-state index is -0.750. The van der Waals surface area contributed by atoms with E-state index in [4.69, 9.17) is 5.26 Å². The molecule has 0 bridgehead atoms. The number of nitrogens with zero attached hydrogens (tertiary/aromatic N) is 5. The molecular formula is C13H18N6O3S. The molecule has 124 valence electrons. The van der Waals surface area contributed by atoms with Crippen LogP contribution < -0.4 is 0 Å². The number of azo groups is 1. The van der Waals surface area contributed by atoms with Gasteiger partial charge in [-0.2, -0.15) is 10.4 Å². The SMILES string of the molecule is CN(C)/C(O)=C(C#N)/N=N/c1n[nH]c(C(C)(C)C)c1C(=O)OS. The highest BCUT2D eigenvalue weighted by molar-refractivity contribution is 7.75. The molecule has 0 amide bonds. The molecule has 0 radical (unpaired) electrons. The highest BCUT2D eigenvalue weighted by Crippen LogP contribution is 2.31. The van der Waals surface area contributed by atoms with Gasteiger partial charge in [0.2, 0.25) is 17.4 Å². The number of carbonyl (C=O) groups is 1. The summed E-state index contributed by atoms with van der Waals surface area (Å²) < 4.78 is 4.45. The third kappa shape index (κ3) is 4.23. The van der Waals surface area contributed by atoms with Crippen LogP contribution in [0.25, 0.3) is 0 Å². The van der Waals surface area contributed by atoms with Crippen molar-refractivity contribution in [3.05, 3.63) is 22.8 Å². The molecule has 0 aliphatic carbocycles. The maximum absolute atomic E-state index is 11.9. The largest absolute Gasteiger partial charge is 0.493 e. The first kappa shape index (κ1) is 18.5. The van der Waals surface area contributed by atoms with Crippen LogP contribution in [0.3, 0.4) is 0 Å². The van der Waals surface area contributed by atoms with Gasteiger partial charge in [0.15, 0.2) is 0 Å². The Labute approximate surface area is 139 Å². The number of H-pyrrole nitrogens is 1. The number of aromatic amines is 1.